The van der Waals surface area contributed by atoms with E-state index in [9.17, 15) is 14.2 Å². The molecular weight excluding hydrogens is 470 g/mol. The summed E-state index contributed by atoms with van der Waals surface area (Å²) in [4.78, 5) is 0. The molecule has 0 aliphatic rings. The van der Waals surface area contributed by atoms with Crippen LogP contribution in [0.1, 0.15) is 61.0 Å². The fourth-order valence-corrected chi connectivity index (χ4v) is 7.96. The van der Waals surface area contributed by atoms with E-state index in [0.717, 1.165) is 0 Å². The Hall–Kier alpha value is -1.34. The van der Waals surface area contributed by atoms with Gasteiger partial charge in [0.15, 0.2) is 16.6 Å². The van der Waals surface area contributed by atoms with Crippen LogP contribution in [-0.4, -0.2) is 43.7 Å². The molecule has 0 heterocycles. The summed E-state index contributed by atoms with van der Waals surface area (Å²) in [5, 5.41) is 10.0. The molecule has 1 N–H and O–H groups in total. The molecule has 11 heteroatoms. The molecule has 0 atom stereocenters. The van der Waals surface area contributed by atoms with Gasteiger partial charge in [-0.25, -0.2) is 0 Å². The summed E-state index contributed by atoms with van der Waals surface area (Å²) in [5.41, 5.74) is 0.358. The lowest BCUT2D eigenvalue weighted by Gasteiger charge is -2.30. The van der Waals surface area contributed by atoms with Gasteiger partial charge in [0.05, 0.1) is 38.6 Å². The van der Waals surface area contributed by atoms with E-state index in [1.54, 1.807) is 55.4 Å². The normalized spacial score (nSPS) is 12.7. The minimum Gasteiger partial charge on any atom is -0.502 e. The first-order valence-electron chi connectivity index (χ1n) is 10.8. The predicted octanol–water partition coefficient (Wildman–Crippen LogP) is 6.79. The van der Waals surface area contributed by atoms with Crippen LogP contribution in [0.3, 0.4) is 0 Å². The first-order valence-corrected chi connectivity index (χ1v) is 13.9. The SMILES string of the molecule is COc1cc(C=C(P(=O)(OC(C)C)OC(C)C)P(=O)(OC(C)C)OC(C)C)cc(OC)c1O. The van der Waals surface area contributed by atoms with E-state index in [2.05, 4.69) is 0 Å². The van der Waals surface area contributed by atoms with Crippen molar-refractivity contribution >= 4 is 21.3 Å². The highest BCUT2D eigenvalue weighted by Crippen LogP contribution is 2.75. The lowest BCUT2D eigenvalue weighted by atomic mass is 10.2. The van der Waals surface area contributed by atoms with Gasteiger partial charge in [0.2, 0.25) is 5.75 Å². The molecule has 0 spiro atoms. The lowest BCUT2D eigenvalue weighted by Crippen LogP contribution is -2.14. The van der Waals surface area contributed by atoms with E-state index in [1.807, 2.05) is 0 Å². The maximum atomic E-state index is 14.2. The third kappa shape index (κ3) is 8.43. The standard InChI is InChI=1S/C22H38O9P2/c1-14(2)28-32(24,29-15(3)4)21(33(25,30-16(5)6)31-17(7)8)13-18-11-19(26-9)22(23)20(12-18)27-10/h11-17,23H,1-10H3. The molecule has 0 radical (unpaired) electrons. The van der Waals surface area contributed by atoms with Crippen molar-refractivity contribution in [1.82, 2.24) is 0 Å². The molecule has 1 rings (SSSR count). The van der Waals surface area contributed by atoms with Gasteiger partial charge in [-0.05, 0) is 79.2 Å². The Morgan fingerprint density at radius 2 is 1.03 bits per heavy atom. The maximum absolute atomic E-state index is 14.2. The van der Waals surface area contributed by atoms with Crippen LogP contribution >= 0.6 is 15.2 Å². The Morgan fingerprint density at radius 1 is 0.727 bits per heavy atom. The fraction of sp³-hybridized carbons (Fsp3) is 0.636. The van der Waals surface area contributed by atoms with Crippen molar-refractivity contribution in [3.8, 4) is 17.2 Å². The first kappa shape index (κ1) is 29.7. The quantitative estimate of drug-likeness (QED) is 0.288. The van der Waals surface area contributed by atoms with Crippen molar-refractivity contribution in [3.05, 3.63) is 22.8 Å². The Labute approximate surface area is 197 Å². The van der Waals surface area contributed by atoms with E-state index < -0.39 is 39.6 Å². The van der Waals surface area contributed by atoms with Crippen LogP contribution in [0.5, 0.6) is 17.2 Å². The topological polar surface area (TPSA) is 110 Å². The molecule has 0 aliphatic heterocycles. The Morgan fingerprint density at radius 3 is 1.27 bits per heavy atom. The molecule has 1 aromatic rings. The summed E-state index contributed by atoms with van der Waals surface area (Å²) in [6, 6.07) is 2.95. The van der Waals surface area contributed by atoms with Gasteiger partial charge in [-0.1, -0.05) is 0 Å². The zero-order valence-electron chi connectivity index (χ0n) is 21.1. The Kier molecular flexibility index (Phi) is 11.1. The van der Waals surface area contributed by atoms with Crippen molar-refractivity contribution in [3.63, 3.8) is 0 Å². The van der Waals surface area contributed by atoms with Gasteiger partial charge in [0, 0.05) is 0 Å². The Bertz CT molecular complexity index is 814. The third-order valence-corrected chi connectivity index (χ3v) is 9.40. The average Bonchev–Trinajstić information content (AvgIpc) is 2.63. The monoisotopic (exact) mass is 508 g/mol. The van der Waals surface area contributed by atoms with Gasteiger partial charge in [-0.15, -0.1) is 0 Å². The molecule has 0 bridgehead atoms. The van der Waals surface area contributed by atoms with E-state index >= 15 is 0 Å². The summed E-state index contributed by atoms with van der Waals surface area (Å²) >= 11 is 0. The zero-order valence-corrected chi connectivity index (χ0v) is 22.9. The molecule has 0 saturated carbocycles. The molecule has 33 heavy (non-hydrogen) atoms. The summed E-state index contributed by atoms with van der Waals surface area (Å²) in [5.74, 6) is 0.00115. The molecule has 0 aromatic heterocycles. The molecule has 190 valence electrons. The number of rotatable bonds is 13. The number of aromatic hydroxyl groups is 1. The van der Waals surface area contributed by atoms with Gasteiger partial charge in [-0.3, -0.25) is 9.13 Å². The second-order valence-electron chi connectivity index (χ2n) is 8.39. The van der Waals surface area contributed by atoms with Gasteiger partial charge in [0.25, 0.3) is 0 Å². The molecular formula is C22H38O9P2. The smallest absolute Gasteiger partial charge is 0.370 e. The molecule has 0 aliphatic carbocycles. The highest BCUT2D eigenvalue weighted by molar-refractivity contribution is 7.79. The van der Waals surface area contributed by atoms with Crippen LogP contribution in [0.4, 0.5) is 0 Å². The van der Waals surface area contributed by atoms with Crippen LogP contribution in [-0.2, 0) is 27.2 Å². The van der Waals surface area contributed by atoms with Gasteiger partial charge in [-0.2, -0.15) is 0 Å². The van der Waals surface area contributed by atoms with Gasteiger partial charge >= 0.3 is 15.2 Å². The Balaban J connectivity index is 3.99. The lowest BCUT2D eigenvalue weighted by molar-refractivity contribution is 0.138. The van der Waals surface area contributed by atoms with Gasteiger partial charge in [0.1, 0.15) is 0 Å². The van der Waals surface area contributed by atoms with Crippen molar-refractivity contribution in [2.75, 3.05) is 14.2 Å². The van der Waals surface area contributed by atoms with Crippen LogP contribution in [0.2, 0.25) is 0 Å². The minimum atomic E-state index is -4.20. The van der Waals surface area contributed by atoms with E-state index in [0.29, 0.717) is 5.56 Å². The van der Waals surface area contributed by atoms with Crippen LogP contribution in [0.25, 0.3) is 6.08 Å². The van der Waals surface area contributed by atoms with Crippen LogP contribution < -0.4 is 9.47 Å². The van der Waals surface area contributed by atoms with E-state index in [-0.39, 0.29) is 22.3 Å². The van der Waals surface area contributed by atoms with E-state index in [1.165, 1.54) is 32.4 Å². The third-order valence-electron chi connectivity index (χ3n) is 3.76. The van der Waals surface area contributed by atoms with E-state index in [4.69, 9.17) is 27.6 Å². The number of phenols is 1. The highest BCUT2D eigenvalue weighted by atomic mass is 31.2. The number of methoxy groups -OCH3 is 2. The molecule has 9 nitrogen and oxygen atoms in total. The molecule has 0 unspecified atom stereocenters. The number of hydrogen-bond donors (Lipinski definition) is 1. The minimum absolute atomic E-state index is 0.105. The highest BCUT2D eigenvalue weighted by Gasteiger charge is 2.48. The van der Waals surface area contributed by atoms with Crippen LogP contribution in [0, 0.1) is 0 Å². The largest absolute Gasteiger partial charge is 0.502 e. The molecule has 0 amide bonds. The summed E-state index contributed by atoms with van der Waals surface area (Å²) in [6.07, 6.45) is -0.717. The van der Waals surface area contributed by atoms with Crippen LogP contribution in [0.15, 0.2) is 17.2 Å². The molecule has 1 aromatic carbocycles. The van der Waals surface area contributed by atoms with Gasteiger partial charge < -0.3 is 32.7 Å². The second-order valence-corrected chi connectivity index (χ2v) is 12.5. The predicted molar refractivity (Wildman–Crippen MR) is 129 cm³/mol. The molecule has 0 fully saturated rings. The summed E-state index contributed by atoms with van der Waals surface area (Å²) in [6.45, 7) is 13.5. The van der Waals surface area contributed by atoms with Crippen molar-refractivity contribution in [1.29, 1.82) is 0 Å². The zero-order chi connectivity index (χ0) is 25.6. The fourth-order valence-electron chi connectivity index (χ4n) is 2.83. The number of hydrogen-bond acceptors (Lipinski definition) is 9. The molecule has 0 saturated heterocycles. The van der Waals surface area contributed by atoms with Crippen molar-refractivity contribution in [2.24, 2.45) is 0 Å². The summed E-state index contributed by atoms with van der Waals surface area (Å²) < 4.78 is 61.8. The maximum Gasteiger partial charge on any atom is 0.370 e. The van der Waals surface area contributed by atoms with Crippen molar-refractivity contribution < 1.29 is 41.8 Å². The summed E-state index contributed by atoms with van der Waals surface area (Å²) in [7, 11) is -5.63. The van der Waals surface area contributed by atoms with Crippen molar-refractivity contribution in [2.45, 2.75) is 79.8 Å². The average molecular weight is 508 g/mol. The number of ether oxygens (including phenoxy) is 2. The second kappa shape index (κ2) is 12.4. The number of phenolic OH excluding ortho intramolecular Hbond substituents is 1. The first-order chi connectivity index (χ1) is 15.2. The number of benzene rings is 1.